The first-order valence-electron chi connectivity index (χ1n) is 4.31. The highest BCUT2D eigenvalue weighted by Crippen LogP contribution is 2.34. The van der Waals surface area contributed by atoms with Crippen LogP contribution < -0.4 is 5.32 Å². The first-order valence-corrected chi connectivity index (χ1v) is 5.10. The van der Waals surface area contributed by atoms with Gasteiger partial charge < -0.3 is 5.32 Å². The molecule has 12 heavy (non-hydrogen) atoms. The van der Waals surface area contributed by atoms with Gasteiger partial charge >= 0.3 is 0 Å². The van der Waals surface area contributed by atoms with E-state index >= 15 is 0 Å². The molecule has 2 heteroatoms. The van der Waals surface area contributed by atoms with E-state index in [1.165, 1.54) is 40.5 Å². The monoisotopic (exact) mass is 225 g/mol. The van der Waals surface area contributed by atoms with Crippen LogP contribution in [0.15, 0.2) is 16.6 Å². The fourth-order valence-electron chi connectivity index (χ4n) is 1.91. The molecule has 1 aromatic rings. The number of anilines is 1. The van der Waals surface area contributed by atoms with Gasteiger partial charge in [-0.25, -0.2) is 0 Å². The first kappa shape index (κ1) is 8.11. The molecule has 2 rings (SSSR count). The fourth-order valence-corrected chi connectivity index (χ4v) is 2.48. The highest BCUT2D eigenvalue weighted by molar-refractivity contribution is 9.10. The third-order valence-electron chi connectivity index (χ3n) is 2.48. The summed E-state index contributed by atoms with van der Waals surface area (Å²) in [6.45, 7) is 0. The number of fused-ring (bicyclic) bond motifs is 1. The van der Waals surface area contributed by atoms with Crippen molar-refractivity contribution in [3.8, 4) is 0 Å². The number of hydrogen-bond donors (Lipinski definition) is 1. The van der Waals surface area contributed by atoms with E-state index in [0.717, 1.165) is 0 Å². The zero-order chi connectivity index (χ0) is 8.55. The van der Waals surface area contributed by atoms with E-state index in [0.29, 0.717) is 0 Å². The van der Waals surface area contributed by atoms with Crippen molar-refractivity contribution < 1.29 is 0 Å². The second-order valence-electron chi connectivity index (χ2n) is 3.16. The second-order valence-corrected chi connectivity index (χ2v) is 4.02. The van der Waals surface area contributed by atoms with Crippen LogP contribution in [0, 0.1) is 0 Å². The van der Waals surface area contributed by atoms with E-state index in [1.807, 2.05) is 7.05 Å². The van der Waals surface area contributed by atoms with Crippen LogP contribution in [0.5, 0.6) is 0 Å². The Morgan fingerprint density at radius 1 is 1.33 bits per heavy atom. The van der Waals surface area contributed by atoms with Crippen molar-refractivity contribution in [2.45, 2.75) is 19.3 Å². The molecular formula is C10H12BrN. The van der Waals surface area contributed by atoms with Crippen molar-refractivity contribution in [3.05, 3.63) is 27.7 Å². The highest BCUT2D eigenvalue weighted by Gasteiger charge is 2.15. The lowest BCUT2D eigenvalue weighted by atomic mass is 10.1. The van der Waals surface area contributed by atoms with Crippen molar-refractivity contribution in [1.82, 2.24) is 0 Å². The lowest BCUT2D eigenvalue weighted by Crippen LogP contribution is -1.95. The van der Waals surface area contributed by atoms with Gasteiger partial charge in [0.05, 0.1) is 5.69 Å². The predicted octanol–water partition coefficient (Wildman–Crippen LogP) is 2.98. The molecule has 0 spiro atoms. The Morgan fingerprint density at radius 3 is 2.92 bits per heavy atom. The number of aryl methyl sites for hydroxylation is 1. The molecule has 0 aliphatic heterocycles. The molecule has 0 unspecified atom stereocenters. The van der Waals surface area contributed by atoms with Crippen LogP contribution in [-0.4, -0.2) is 7.05 Å². The van der Waals surface area contributed by atoms with Crippen LogP contribution in [0.25, 0.3) is 0 Å². The quantitative estimate of drug-likeness (QED) is 0.776. The molecule has 0 aromatic heterocycles. The predicted molar refractivity (Wildman–Crippen MR) is 55.7 cm³/mol. The average molecular weight is 226 g/mol. The van der Waals surface area contributed by atoms with E-state index in [-0.39, 0.29) is 0 Å². The maximum absolute atomic E-state index is 3.55. The lowest BCUT2D eigenvalue weighted by molar-refractivity contribution is 0.912. The Kier molecular flexibility index (Phi) is 2.09. The summed E-state index contributed by atoms with van der Waals surface area (Å²) in [5.41, 5.74) is 4.31. The molecular weight excluding hydrogens is 214 g/mol. The smallest absolute Gasteiger partial charge is 0.0517 e. The molecule has 0 amide bonds. The highest BCUT2D eigenvalue weighted by atomic mass is 79.9. The molecule has 1 nitrogen and oxygen atoms in total. The number of nitrogens with one attached hydrogen (secondary N) is 1. The maximum Gasteiger partial charge on any atom is 0.0517 e. The van der Waals surface area contributed by atoms with Gasteiger partial charge in [0.15, 0.2) is 0 Å². The standard InChI is InChI=1S/C10H12BrN/c1-12-10-8-4-2-3-7(8)5-6-9(10)11/h5-6,12H,2-4H2,1H3. The van der Waals surface area contributed by atoms with Crippen LogP contribution in [-0.2, 0) is 12.8 Å². The van der Waals surface area contributed by atoms with Crippen molar-refractivity contribution in [3.63, 3.8) is 0 Å². The molecule has 64 valence electrons. The van der Waals surface area contributed by atoms with E-state index in [1.54, 1.807) is 0 Å². The second kappa shape index (κ2) is 3.09. The van der Waals surface area contributed by atoms with Crippen molar-refractivity contribution in [2.75, 3.05) is 12.4 Å². The third kappa shape index (κ3) is 1.14. The largest absolute Gasteiger partial charge is 0.387 e. The molecule has 0 saturated heterocycles. The molecule has 1 aliphatic carbocycles. The molecule has 0 fully saturated rings. The van der Waals surface area contributed by atoms with E-state index in [9.17, 15) is 0 Å². The van der Waals surface area contributed by atoms with Crippen LogP contribution in [0.4, 0.5) is 5.69 Å². The zero-order valence-electron chi connectivity index (χ0n) is 7.15. The molecule has 0 heterocycles. The topological polar surface area (TPSA) is 12.0 Å². The zero-order valence-corrected chi connectivity index (χ0v) is 8.74. The minimum atomic E-state index is 1.19. The number of halogens is 1. The Hall–Kier alpha value is -0.500. The van der Waals surface area contributed by atoms with Crippen molar-refractivity contribution in [1.29, 1.82) is 0 Å². The van der Waals surface area contributed by atoms with Crippen LogP contribution in [0.3, 0.4) is 0 Å². The van der Waals surface area contributed by atoms with Crippen molar-refractivity contribution in [2.24, 2.45) is 0 Å². The lowest BCUT2D eigenvalue weighted by Gasteiger charge is -2.09. The Balaban J connectivity index is 2.57. The summed E-state index contributed by atoms with van der Waals surface area (Å²) in [4.78, 5) is 0. The normalized spacial score (nSPS) is 14.5. The first-order chi connectivity index (χ1) is 5.83. The molecule has 0 radical (unpaired) electrons. The summed E-state index contributed by atoms with van der Waals surface area (Å²) in [7, 11) is 1.98. The van der Waals surface area contributed by atoms with Gasteiger partial charge in [-0.15, -0.1) is 0 Å². The summed E-state index contributed by atoms with van der Waals surface area (Å²) < 4.78 is 1.19. The Morgan fingerprint density at radius 2 is 2.17 bits per heavy atom. The van der Waals surface area contributed by atoms with Gasteiger partial charge in [-0.3, -0.25) is 0 Å². The van der Waals surface area contributed by atoms with Crippen LogP contribution in [0.2, 0.25) is 0 Å². The SMILES string of the molecule is CNc1c(Br)ccc2c1CCC2. The van der Waals surface area contributed by atoms with Gasteiger partial charge in [-0.05, 0) is 52.4 Å². The van der Waals surface area contributed by atoms with Crippen LogP contribution >= 0.6 is 15.9 Å². The van der Waals surface area contributed by atoms with Gasteiger partial charge in [-0.2, -0.15) is 0 Å². The number of benzene rings is 1. The van der Waals surface area contributed by atoms with Crippen molar-refractivity contribution >= 4 is 21.6 Å². The Bertz CT molecular complexity index is 307. The molecule has 1 aliphatic rings. The van der Waals surface area contributed by atoms with E-state index in [4.69, 9.17) is 0 Å². The molecule has 1 aromatic carbocycles. The number of rotatable bonds is 1. The van der Waals surface area contributed by atoms with Gasteiger partial charge in [0.25, 0.3) is 0 Å². The van der Waals surface area contributed by atoms with Gasteiger partial charge in [0.1, 0.15) is 0 Å². The molecule has 0 saturated carbocycles. The van der Waals surface area contributed by atoms with E-state index in [2.05, 4.69) is 33.4 Å². The third-order valence-corrected chi connectivity index (χ3v) is 3.14. The fraction of sp³-hybridized carbons (Fsp3) is 0.400. The van der Waals surface area contributed by atoms with Gasteiger partial charge in [0, 0.05) is 11.5 Å². The summed E-state index contributed by atoms with van der Waals surface area (Å²) in [5, 5.41) is 3.25. The van der Waals surface area contributed by atoms with Crippen LogP contribution in [0.1, 0.15) is 17.5 Å². The summed E-state index contributed by atoms with van der Waals surface area (Å²) in [6.07, 6.45) is 3.78. The summed E-state index contributed by atoms with van der Waals surface area (Å²) in [5.74, 6) is 0. The van der Waals surface area contributed by atoms with E-state index < -0.39 is 0 Å². The minimum Gasteiger partial charge on any atom is -0.387 e. The average Bonchev–Trinajstić information content (AvgIpc) is 2.52. The minimum absolute atomic E-state index is 1.19. The summed E-state index contributed by atoms with van der Waals surface area (Å²) >= 11 is 3.55. The molecule has 1 N–H and O–H groups in total. The Labute approximate surface area is 81.3 Å². The molecule has 0 bridgehead atoms. The number of hydrogen-bond acceptors (Lipinski definition) is 1. The molecule has 0 atom stereocenters. The van der Waals surface area contributed by atoms with Gasteiger partial charge in [-0.1, -0.05) is 6.07 Å². The maximum atomic E-state index is 3.55. The summed E-state index contributed by atoms with van der Waals surface area (Å²) in [6, 6.07) is 4.36. The van der Waals surface area contributed by atoms with Gasteiger partial charge in [0.2, 0.25) is 0 Å².